The molecule has 2 amide bonds. The molecule has 0 radical (unpaired) electrons. The third kappa shape index (κ3) is 5.28. The Kier molecular flexibility index (Phi) is 7.05. The lowest BCUT2D eigenvalue weighted by Crippen LogP contribution is -2.46. The van der Waals surface area contributed by atoms with Gasteiger partial charge in [-0.2, -0.15) is 0 Å². The molecule has 0 aromatic heterocycles. The SMILES string of the molecule is Cc1ccccc1C(=O)NC1CCN(C(=O)CCCOc2cccc3ccccc23)CC1. The number of piperidine rings is 1. The highest BCUT2D eigenvalue weighted by Crippen LogP contribution is 2.25. The first-order valence-electron chi connectivity index (χ1n) is 11.4. The lowest BCUT2D eigenvalue weighted by atomic mass is 10.0. The van der Waals surface area contributed by atoms with Crippen molar-refractivity contribution in [2.75, 3.05) is 19.7 Å². The van der Waals surface area contributed by atoms with Gasteiger partial charge in [-0.1, -0.05) is 54.6 Å². The quantitative estimate of drug-likeness (QED) is 0.552. The molecule has 1 heterocycles. The molecule has 5 nitrogen and oxygen atoms in total. The lowest BCUT2D eigenvalue weighted by Gasteiger charge is -2.32. The van der Waals surface area contributed by atoms with E-state index in [-0.39, 0.29) is 17.9 Å². The van der Waals surface area contributed by atoms with Gasteiger partial charge in [-0.25, -0.2) is 0 Å². The Balaban J connectivity index is 1.19. The Morgan fingerprint density at radius 1 is 0.969 bits per heavy atom. The molecule has 3 aromatic carbocycles. The van der Waals surface area contributed by atoms with Crippen LogP contribution in [0.25, 0.3) is 10.8 Å². The molecule has 0 spiro atoms. The van der Waals surface area contributed by atoms with Gasteiger partial charge in [-0.3, -0.25) is 9.59 Å². The highest BCUT2D eigenvalue weighted by Gasteiger charge is 2.24. The topological polar surface area (TPSA) is 58.6 Å². The summed E-state index contributed by atoms with van der Waals surface area (Å²) in [5.74, 6) is 0.995. The highest BCUT2D eigenvalue weighted by molar-refractivity contribution is 5.95. The Labute approximate surface area is 189 Å². The maximum Gasteiger partial charge on any atom is 0.251 e. The van der Waals surface area contributed by atoms with Crippen LogP contribution in [0.15, 0.2) is 66.7 Å². The monoisotopic (exact) mass is 430 g/mol. The number of hydrogen-bond acceptors (Lipinski definition) is 3. The first-order valence-corrected chi connectivity index (χ1v) is 11.4. The number of fused-ring (bicyclic) bond motifs is 1. The summed E-state index contributed by atoms with van der Waals surface area (Å²) in [6.45, 7) is 3.83. The number of carbonyl (C=O) groups excluding carboxylic acids is 2. The number of ether oxygens (including phenoxy) is 1. The van der Waals surface area contributed by atoms with E-state index in [1.807, 2.05) is 60.4 Å². The second kappa shape index (κ2) is 10.3. The van der Waals surface area contributed by atoms with Crippen molar-refractivity contribution in [3.8, 4) is 5.75 Å². The molecular weight excluding hydrogens is 400 g/mol. The van der Waals surface area contributed by atoms with E-state index in [0.29, 0.717) is 32.5 Å². The fourth-order valence-corrected chi connectivity index (χ4v) is 4.25. The van der Waals surface area contributed by atoms with Gasteiger partial charge in [0, 0.05) is 36.5 Å². The predicted molar refractivity (Wildman–Crippen MR) is 127 cm³/mol. The second-order valence-corrected chi connectivity index (χ2v) is 8.37. The van der Waals surface area contributed by atoms with E-state index in [2.05, 4.69) is 23.5 Å². The normalized spacial score (nSPS) is 14.3. The molecule has 1 aliphatic rings. The van der Waals surface area contributed by atoms with E-state index in [1.54, 1.807) is 0 Å². The van der Waals surface area contributed by atoms with Gasteiger partial charge in [0.05, 0.1) is 6.61 Å². The van der Waals surface area contributed by atoms with Crippen molar-refractivity contribution in [2.45, 2.75) is 38.6 Å². The number of benzene rings is 3. The average molecular weight is 431 g/mol. The van der Waals surface area contributed by atoms with Crippen LogP contribution >= 0.6 is 0 Å². The molecule has 32 heavy (non-hydrogen) atoms. The molecule has 0 aliphatic carbocycles. The van der Waals surface area contributed by atoms with Crippen molar-refractivity contribution in [1.29, 1.82) is 0 Å². The van der Waals surface area contributed by atoms with Gasteiger partial charge in [0.15, 0.2) is 0 Å². The first-order chi connectivity index (χ1) is 15.6. The maximum absolute atomic E-state index is 12.6. The van der Waals surface area contributed by atoms with Crippen molar-refractivity contribution >= 4 is 22.6 Å². The molecular formula is C27H30N2O3. The Bertz CT molecular complexity index is 1080. The minimum atomic E-state index is -0.0292. The van der Waals surface area contributed by atoms with Crippen LogP contribution in [0.3, 0.4) is 0 Å². The smallest absolute Gasteiger partial charge is 0.251 e. The fraction of sp³-hybridized carbons (Fsp3) is 0.333. The van der Waals surface area contributed by atoms with Crippen molar-refractivity contribution in [3.63, 3.8) is 0 Å². The molecule has 4 rings (SSSR count). The Morgan fingerprint density at radius 3 is 2.50 bits per heavy atom. The van der Waals surface area contributed by atoms with E-state index in [9.17, 15) is 9.59 Å². The average Bonchev–Trinajstić information content (AvgIpc) is 2.82. The minimum Gasteiger partial charge on any atom is -0.493 e. The molecule has 1 aliphatic heterocycles. The highest BCUT2D eigenvalue weighted by atomic mass is 16.5. The van der Waals surface area contributed by atoms with Crippen LogP contribution in [0.5, 0.6) is 5.75 Å². The van der Waals surface area contributed by atoms with Crippen molar-refractivity contribution < 1.29 is 14.3 Å². The lowest BCUT2D eigenvalue weighted by molar-refractivity contribution is -0.132. The second-order valence-electron chi connectivity index (χ2n) is 8.37. The standard InChI is InChI=1S/C27H30N2O3/c1-20-8-2-4-11-23(20)27(31)28-22-15-17-29(18-16-22)26(30)14-7-19-32-25-13-6-10-21-9-3-5-12-24(21)25/h2-6,8-13,22H,7,14-19H2,1H3,(H,28,31). The van der Waals surface area contributed by atoms with Crippen LogP contribution in [0.1, 0.15) is 41.6 Å². The summed E-state index contributed by atoms with van der Waals surface area (Å²) in [5.41, 5.74) is 1.69. The summed E-state index contributed by atoms with van der Waals surface area (Å²) in [6.07, 6.45) is 2.74. The number of aryl methyl sites for hydroxylation is 1. The van der Waals surface area contributed by atoms with Crippen LogP contribution in [0, 0.1) is 6.92 Å². The van der Waals surface area contributed by atoms with Crippen molar-refractivity contribution in [2.24, 2.45) is 0 Å². The van der Waals surface area contributed by atoms with Crippen LogP contribution in [-0.4, -0.2) is 42.5 Å². The summed E-state index contributed by atoms with van der Waals surface area (Å²) in [7, 11) is 0. The van der Waals surface area contributed by atoms with E-state index in [0.717, 1.165) is 40.5 Å². The van der Waals surface area contributed by atoms with Crippen LogP contribution in [0.4, 0.5) is 0 Å². The van der Waals surface area contributed by atoms with Gasteiger partial charge in [0.25, 0.3) is 5.91 Å². The zero-order chi connectivity index (χ0) is 22.3. The number of likely N-dealkylation sites (tertiary alicyclic amines) is 1. The van der Waals surface area contributed by atoms with Crippen molar-refractivity contribution in [1.82, 2.24) is 10.2 Å². The molecule has 1 N–H and O–H groups in total. The summed E-state index contributed by atoms with van der Waals surface area (Å²) >= 11 is 0. The van der Waals surface area contributed by atoms with E-state index < -0.39 is 0 Å². The van der Waals surface area contributed by atoms with E-state index in [1.165, 1.54) is 0 Å². The Morgan fingerprint density at radius 2 is 1.69 bits per heavy atom. The molecule has 166 valence electrons. The minimum absolute atomic E-state index is 0.0292. The molecule has 5 heteroatoms. The summed E-state index contributed by atoms with van der Waals surface area (Å²) < 4.78 is 5.95. The largest absolute Gasteiger partial charge is 0.493 e. The van der Waals surface area contributed by atoms with E-state index in [4.69, 9.17) is 4.74 Å². The maximum atomic E-state index is 12.6. The fourth-order valence-electron chi connectivity index (χ4n) is 4.25. The molecule has 0 saturated carbocycles. The molecule has 0 atom stereocenters. The number of hydrogen-bond donors (Lipinski definition) is 1. The third-order valence-electron chi connectivity index (χ3n) is 6.11. The van der Waals surface area contributed by atoms with Gasteiger partial charge in [0.1, 0.15) is 5.75 Å². The Hall–Kier alpha value is -3.34. The van der Waals surface area contributed by atoms with Gasteiger partial charge < -0.3 is 15.0 Å². The van der Waals surface area contributed by atoms with Crippen LogP contribution in [-0.2, 0) is 4.79 Å². The number of amides is 2. The molecule has 0 bridgehead atoms. The van der Waals surface area contributed by atoms with E-state index >= 15 is 0 Å². The first kappa shape index (κ1) is 21.9. The van der Waals surface area contributed by atoms with Gasteiger partial charge in [0.2, 0.25) is 5.91 Å². The summed E-state index contributed by atoms with van der Waals surface area (Å²) in [5, 5.41) is 5.37. The number of carbonyl (C=O) groups is 2. The van der Waals surface area contributed by atoms with Crippen molar-refractivity contribution in [3.05, 3.63) is 77.9 Å². The third-order valence-corrected chi connectivity index (χ3v) is 6.11. The van der Waals surface area contributed by atoms with Crippen LogP contribution in [0.2, 0.25) is 0 Å². The van der Waals surface area contributed by atoms with Gasteiger partial charge in [-0.05, 0) is 49.3 Å². The molecule has 1 saturated heterocycles. The molecule has 0 unspecified atom stereocenters. The number of nitrogens with one attached hydrogen (secondary N) is 1. The van der Waals surface area contributed by atoms with Gasteiger partial charge >= 0.3 is 0 Å². The number of rotatable bonds is 7. The van der Waals surface area contributed by atoms with Gasteiger partial charge in [-0.15, -0.1) is 0 Å². The molecule has 3 aromatic rings. The zero-order valence-electron chi connectivity index (χ0n) is 18.5. The summed E-state index contributed by atoms with van der Waals surface area (Å²) in [6, 6.07) is 21.9. The van der Waals surface area contributed by atoms with Crippen LogP contribution < -0.4 is 10.1 Å². The predicted octanol–water partition coefficient (Wildman–Crippen LogP) is 4.73. The molecule has 1 fully saturated rings. The number of nitrogens with zero attached hydrogens (tertiary/aromatic N) is 1. The zero-order valence-corrected chi connectivity index (χ0v) is 18.5. The summed E-state index contributed by atoms with van der Waals surface area (Å²) in [4.78, 5) is 27.0.